The van der Waals surface area contributed by atoms with E-state index in [1.54, 1.807) is 6.07 Å². The van der Waals surface area contributed by atoms with Gasteiger partial charge in [0.25, 0.3) is 10.0 Å². The summed E-state index contributed by atoms with van der Waals surface area (Å²) in [4.78, 5) is 0.00789. The van der Waals surface area contributed by atoms with Crippen LogP contribution in [-0.4, -0.2) is 30.3 Å². The number of rotatable bonds is 3. The highest BCUT2D eigenvalue weighted by molar-refractivity contribution is 7.92. The van der Waals surface area contributed by atoms with Crippen molar-refractivity contribution in [2.45, 2.75) is 4.90 Å². The van der Waals surface area contributed by atoms with E-state index in [1.807, 2.05) is 0 Å². The van der Waals surface area contributed by atoms with Crippen LogP contribution < -0.4 is 4.72 Å². The number of hydrogen-bond acceptors (Lipinski definition) is 4. The van der Waals surface area contributed by atoms with E-state index in [0.717, 1.165) is 0 Å². The second-order valence-electron chi connectivity index (χ2n) is 3.69. The molecule has 1 aromatic carbocycles. The van der Waals surface area contributed by atoms with Crippen LogP contribution in [0.5, 0.6) is 0 Å². The van der Waals surface area contributed by atoms with Crippen molar-refractivity contribution in [1.82, 2.24) is 10.2 Å². The molecule has 104 valence electrons. The molecule has 0 spiro atoms. The van der Waals surface area contributed by atoms with Crippen molar-refractivity contribution < 1.29 is 13.5 Å². The third-order valence-corrected chi connectivity index (χ3v) is 3.88. The molecule has 1 aromatic heterocycles. The molecule has 0 aliphatic rings. The van der Waals surface area contributed by atoms with Crippen LogP contribution in [0, 0.1) is 11.8 Å². The van der Waals surface area contributed by atoms with E-state index in [9.17, 15) is 8.42 Å². The number of aliphatic hydroxyl groups excluding tert-OH is 1. The Morgan fingerprint density at radius 3 is 2.90 bits per heavy atom. The molecule has 0 aliphatic carbocycles. The van der Waals surface area contributed by atoms with Crippen molar-refractivity contribution in [2.24, 2.45) is 0 Å². The van der Waals surface area contributed by atoms with Gasteiger partial charge in [0.15, 0.2) is 0 Å². The van der Waals surface area contributed by atoms with Gasteiger partial charge in [0.05, 0.1) is 17.4 Å². The average molecular weight is 312 g/mol. The third kappa shape index (κ3) is 3.30. The summed E-state index contributed by atoms with van der Waals surface area (Å²) in [6, 6.07) is 4.55. The number of aromatic nitrogens is 2. The van der Waals surface area contributed by atoms with Crippen LogP contribution in [-0.2, 0) is 10.0 Å². The number of aliphatic hydroxyl groups is 1. The zero-order chi connectivity index (χ0) is 14.6. The van der Waals surface area contributed by atoms with Gasteiger partial charge in [-0.1, -0.05) is 23.4 Å². The minimum atomic E-state index is -3.75. The van der Waals surface area contributed by atoms with E-state index in [4.69, 9.17) is 16.7 Å². The predicted molar refractivity (Wildman–Crippen MR) is 74.8 cm³/mol. The lowest BCUT2D eigenvalue weighted by atomic mass is 10.2. The first-order chi connectivity index (χ1) is 9.53. The van der Waals surface area contributed by atoms with Crippen LogP contribution >= 0.6 is 11.6 Å². The molecule has 0 unspecified atom stereocenters. The number of anilines is 1. The van der Waals surface area contributed by atoms with Crippen LogP contribution in [0.2, 0.25) is 5.02 Å². The standard InChI is InChI=1S/C12H10ClN3O3S/c13-10-3-4-12(9(6-10)2-1-5-17)16-20(18,19)11-7-14-15-8-11/h3-4,6-8,16-17H,5H2,(H,14,15). The van der Waals surface area contributed by atoms with Gasteiger partial charge in [-0.3, -0.25) is 9.82 Å². The van der Waals surface area contributed by atoms with Gasteiger partial charge in [0.2, 0.25) is 0 Å². The van der Waals surface area contributed by atoms with E-state index in [1.165, 1.54) is 24.5 Å². The maximum atomic E-state index is 12.1. The summed E-state index contributed by atoms with van der Waals surface area (Å²) in [5.74, 6) is 5.08. The summed E-state index contributed by atoms with van der Waals surface area (Å²) in [6.45, 7) is -0.333. The van der Waals surface area contributed by atoms with Crippen LogP contribution in [0.3, 0.4) is 0 Å². The molecular formula is C12H10ClN3O3S. The second kappa shape index (κ2) is 5.96. The first-order valence-electron chi connectivity index (χ1n) is 5.44. The Bertz CT molecular complexity index is 761. The van der Waals surface area contributed by atoms with Gasteiger partial charge >= 0.3 is 0 Å². The first kappa shape index (κ1) is 14.4. The number of benzene rings is 1. The lowest BCUT2D eigenvalue weighted by molar-refractivity contribution is 0.350. The molecule has 0 saturated heterocycles. The maximum Gasteiger partial charge on any atom is 0.265 e. The lowest BCUT2D eigenvalue weighted by Crippen LogP contribution is -2.13. The van der Waals surface area contributed by atoms with Crippen LogP contribution in [0.4, 0.5) is 5.69 Å². The third-order valence-electron chi connectivity index (χ3n) is 2.31. The minimum absolute atomic E-state index is 0.00789. The van der Waals surface area contributed by atoms with Crippen LogP contribution in [0.15, 0.2) is 35.5 Å². The highest BCUT2D eigenvalue weighted by atomic mass is 35.5. The number of hydrogen-bond donors (Lipinski definition) is 3. The Kier molecular flexibility index (Phi) is 4.29. The zero-order valence-electron chi connectivity index (χ0n) is 10.1. The number of nitrogens with zero attached hydrogens (tertiary/aromatic N) is 1. The predicted octanol–water partition coefficient (Wildman–Crippen LogP) is 1.21. The van der Waals surface area contributed by atoms with Crippen molar-refractivity contribution in [2.75, 3.05) is 11.3 Å². The minimum Gasteiger partial charge on any atom is -0.384 e. The Hall–Kier alpha value is -2.01. The fourth-order valence-electron chi connectivity index (χ4n) is 1.43. The molecule has 0 saturated carbocycles. The smallest absolute Gasteiger partial charge is 0.265 e. The molecule has 0 bridgehead atoms. The number of H-pyrrole nitrogens is 1. The molecular weight excluding hydrogens is 302 g/mol. The fraction of sp³-hybridized carbons (Fsp3) is 0.0833. The highest BCUT2D eigenvalue weighted by Crippen LogP contribution is 2.22. The average Bonchev–Trinajstić information content (AvgIpc) is 2.93. The lowest BCUT2D eigenvalue weighted by Gasteiger charge is -2.08. The largest absolute Gasteiger partial charge is 0.384 e. The second-order valence-corrected chi connectivity index (χ2v) is 5.81. The molecule has 0 aliphatic heterocycles. The molecule has 0 radical (unpaired) electrons. The molecule has 0 amide bonds. The van der Waals surface area contributed by atoms with Crippen LogP contribution in [0.25, 0.3) is 0 Å². The molecule has 0 fully saturated rings. The summed E-state index contributed by atoms with van der Waals surface area (Å²) in [7, 11) is -3.75. The van der Waals surface area contributed by atoms with E-state index >= 15 is 0 Å². The first-order valence-corrected chi connectivity index (χ1v) is 7.30. The zero-order valence-corrected chi connectivity index (χ0v) is 11.7. The van der Waals surface area contributed by atoms with Gasteiger partial charge in [0.1, 0.15) is 11.5 Å². The van der Waals surface area contributed by atoms with E-state index in [2.05, 4.69) is 26.8 Å². The SMILES string of the molecule is O=S(=O)(Nc1ccc(Cl)cc1C#CCO)c1cn[nH]c1. The number of halogens is 1. The summed E-state index contributed by atoms with van der Waals surface area (Å²) in [6.07, 6.45) is 2.45. The summed E-state index contributed by atoms with van der Waals surface area (Å²) >= 11 is 5.84. The van der Waals surface area contributed by atoms with Crippen molar-refractivity contribution in [3.8, 4) is 11.8 Å². The van der Waals surface area contributed by atoms with Gasteiger partial charge in [-0.25, -0.2) is 8.42 Å². The molecule has 20 heavy (non-hydrogen) atoms. The van der Waals surface area contributed by atoms with E-state index in [-0.39, 0.29) is 17.2 Å². The Morgan fingerprint density at radius 1 is 1.45 bits per heavy atom. The number of nitrogens with one attached hydrogen (secondary N) is 2. The quantitative estimate of drug-likeness (QED) is 0.742. The van der Waals surface area contributed by atoms with Crippen molar-refractivity contribution in [1.29, 1.82) is 0 Å². The highest BCUT2D eigenvalue weighted by Gasteiger charge is 2.16. The molecule has 3 N–H and O–H groups in total. The molecule has 6 nitrogen and oxygen atoms in total. The summed E-state index contributed by atoms with van der Waals surface area (Å²) < 4.78 is 26.5. The monoisotopic (exact) mass is 311 g/mol. The maximum absolute atomic E-state index is 12.1. The number of sulfonamides is 1. The molecule has 0 atom stereocenters. The van der Waals surface area contributed by atoms with E-state index < -0.39 is 10.0 Å². The van der Waals surface area contributed by atoms with Gasteiger partial charge in [0, 0.05) is 11.2 Å². The summed E-state index contributed by atoms with van der Waals surface area (Å²) in [5.41, 5.74) is 0.648. The molecule has 8 heteroatoms. The Labute approximate surface area is 120 Å². The van der Waals surface area contributed by atoms with Crippen molar-refractivity contribution in [3.63, 3.8) is 0 Å². The van der Waals surface area contributed by atoms with Crippen molar-refractivity contribution in [3.05, 3.63) is 41.2 Å². The Morgan fingerprint density at radius 2 is 2.25 bits per heavy atom. The van der Waals surface area contributed by atoms with Gasteiger partial charge < -0.3 is 5.11 Å². The molecule has 1 heterocycles. The van der Waals surface area contributed by atoms with Gasteiger partial charge in [-0.05, 0) is 18.2 Å². The normalized spacial score (nSPS) is 10.7. The molecule has 2 rings (SSSR count). The molecule has 2 aromatic rings. The van der Waals surface area contributed by atoms with Gasteiger partial charge in [-0.15, -0.1) is 0 Å². The van der Waals surface area contributed by atoms with Gasteiger partial charge in [-0.2, -0.15) is 5.10 Å². The summed E-state index contributed by atoms with van der Waals surface area (Å²) in [5, 5.41) is 15.1. The van der Waals surface area contributed by atoms with Crippen molar-refractivity contribution >= 4 is 27.3 Å². The topological polar surface area (TPSA) is 95.1 Å². The number of aromatic amines is 1. The van der Waals surface area contributed by atoms with Crippen LogP contribution in [0.1, 0.15) is 5.56 Å². The fourth-order valence-corrected chi connectivity index (χ4v) is 2.59. The Balaban J connectivity index is 2.39. The van der Waals surface area contributed by atoms with E-state index in [0.29, 0.717) is 10.6 Å².